The van der Waals surface area contributed by atoms with E-state index in [2.05, 4.69) is 5.32 Å². The standard InChI is InChI=1S/C16H21ClN2O3S/c17-14-5-1-2-6-15(14)23(21,22)19-9-3-4-13(11-19)16(20)18-10-12-7-8-12/h1-2,5-6,12-13H,3-4,7-11H2,(H,18,20). The molecule has 1 amide bonds. The van der Waals surface area contributed by atoms with Gasteiger partial charge in [0, 0.05) is 19.6 Å². The number of piperidine rings is 1. The summed E-state index contributed by atoms with van der Waals surface area (Å²) in [6.07, 6.45) is 3.77. The van der Waals surface area contributed by atoms with Gasteiger partial charge in [0.05, 0.1) is 10.9 Å². The van der Waals surface area contributed by atoms with E-state index in [9.17, 15) is 13.2 Å². The van der Waals surface area contributed by atoms with Gasteiger partial charge in [0.15, 0.2) is 0 Å². The van der Waals surface area contributed by atoms with Gasteiger partial charge in [-0.15, -0.1) is 0 Å². The molecule has 1 aromatic carbocycles. The predicted molar refractivity (Wildman–Crippen MR) is 88.7 cm³/mol. The predicted octanol–water partition coefficient (Wildman–Crippen LogP) is 2.27. The number of sulfonamides is 1. The topological polar surface area (TPSA) is 66.5 Å². The first-order chi connectivity index (χ1) is 11.0. The van der Waals surface area contributed by atoms with Crippen LogP contribution in [-0.4, -0.2) is 38.3 Å². The quantitative estimate of drug-likeness (QED) is 0.880. The van der Waals surface area contributed by atoms with Crippen molar-refractivity contribution in [1.29, 1.82) is 0 Å². The van der Waals surface area contributed by atoms with E-state index >= 15 is 0 Å². The fourth-order valence-corrected chi connectivity index (χ4v) is 4.90. The van der Waals surface area contributed by atoms with E-state index in [1.165, 1.54) is 23.2 Å². The van der Waals surface area contributed by atoms with Gasteiger partial charge < -0.3 is 5.32 Å². The van der Waals surface area contributed by atoms with Crippen LogP contribution in [0.15, 0.2) is 29.2 Å². The lowest BCUT2D eigenvalue weighted by atomic mass is 9.99. The third-order valence-electron chi connectivity index (χ3n) is 4.47. The minimum Gasteiger partial charge on any atom is -0.356 e. The fourth-order valence-electron chi connectivity index (χ4n) is 2.88. The first-order valence-electron chi connectivity index (χ1n) is 8.01. The van der Waals surface area contributed by atoms with Gasteiger partial charge in [0.25, 0.3) is 0 Å². The van der Waals surface area contributed by atoms with Gasteiger partial charge in [-0.1, -0.05) is 23.7 Å². The van der Waals surface area contributed by atoms with Gasteiger partial charge in [-0.25, -0.2) is 8.42 Å². The van der Waals surface area contributed by atoms with Crippen molar-refractivity contribution < 1.29 is 13.2 Å². The Labute approximate surface area is 142 Å². The molecule has 3 rings (SSSR count). The molecule has 0 radical (unpaired) electrons. The zero-order valence-electron chi connectivity index (χ0n) is 12.9. The maximum Gasteiger partial charge on any atom is 0.244 e. The van der Waals surface area contributed by atoms with Crippen LogP contribution in [0.1, 0.15) is 25.7 Å². The van der Waals surface area contributed by atoms with Crippen LogP contribution in [0.4, 0.5) is 0 Å². The highest BCUT2D eigenvalue weighted by atomic mass is 35.5. The molecule has 1 unspecified atom stereocenters. The van der Waals surface area contributed by atoms with Crippen LogP contribution >= 0.6 is 11.6 Å². The van der Waals surface area contributed by atoms with Crippen molar-refractivity contribution in [3.63, 3.8) is 0 Å². The molecule has 1 saturated heterocycles. The number of hydrogen-bond donors (Lipinski definition) is 1. The van der Waals surface area contributed by atoms with Crippen LogP contribution < -0.4 is 5.32 Å². The molecule has 1 heterocycles. The van der Waals surface area contributed by atoms with Gasteiger partial charge in [-0.05, 0) is 43.7 Å². The largest absolute Gasteiger partial charge is 0.356 e. The SMILES string of the molecule is O=C(NCC1CC1)C1CCCN(S(=O)(=O)c2ccccc2Cl)C1. The average Bonchev–Trinajstić information content (AvgIpc) is 3.37. The van der Waals surface area contributed by atoms with Crippen molar-refractivity contribution in [2.45, 2.75) is 30.6 Å². The highest BCUT2D eigenvalue weighted by Gasteiger charge is 2.34. The minimum absolute atomic E-state index is 0.0315. The number of nitrogens with zero attached hydrogens (tertiary/aromatic N) is 1. The molecule has 1 saturated carbocycles. The fraction of sp³-hybridized carbons (Fsp3) is 0.562. The minimum atomic E-state index is -3.66. The Hall–Kier alpha value is -1.11. The summed E-state index contributed by atoms with van der Waals surface area (Å²) >= 11 is 6.03. The van der Waals surface area contributed by atoms with Crippen molar-refractivity contribution in [2.24, 2.45) is 11.8 Å². The Morgan fingerprint density at radius 1 is 1.26 bits per heavy atom. The molecule has 2 aliphatic rings. The van der Waals surface area contributed by atoms with Gasteiger partial charge in [0.1, 0.15) is 4.90 Å². The molecule has 0 bridgehead atoms. The molecule has 23 heavy (non-hydrogen) atoms. The highest BCUT2D eigenvalue weighted by Crippen LogP contribution is 2.29. The van der Waals surface area contributed by atoms with Gasteiger partial charge in [0.2, 0.25) is 15.9 Å². The number of hydrogen-bond acceptors (Lipinski definition) is 3. The molecular formula is C16H21ClN2O3S. The molecule has 1 aliphatic carbocycles. The number of benzene rings is 1. The van der Waals surface area contributed by atoms with Crippen LogP contribution in [-0.2, 0) is 14.8 Å². The zero-order chi connectivity index (χ0) is 16.4. The zero-order valence-corrected chi connectivity index (χ0v) is 14.4. The number of amides is 1. The van der Waals surface area contributed by atoms with E-state index in [-0.39, 0.29) is 28.3 Å². The second kappa shape index (κ2) is 6.79. The molecule has 7 heteroatoms. The summed E-state index contributed by atoms with van der Waals surface area (Å²) in [5.41, 5.74) is 0. The molecule has 5 nitrogen and oxygen atoms in total. The molecule has 126 valence electrons. The Morgan fingerprint density at radius 3 is 2.70 bits per heavy atom. The van der Waals surface area contributed by atoms with Crippen molar-refractivity contribution in [1.82, 2.24) is 9.62 Å². The Bertz CT molecular complexity index is 688. The molecule has 1 aliphatic heterocycles. The second-order valence-corrected chi connectivity index (χ2v) is 8.63. The molecule has 1 N–H and O–H groups in total. The first kappa shape index (κ1) is 16.7. The summed E-state index contributed by atoms with van der Waals surface area (Å²) < 4.78 is 26.9. The van der Waals surface area contributed by atoms with Crippen LogP contribution in [0.3, 0.4) is 0 Å². The van der Waals surface area contributed by atoms with E-state index in [0.29, 0.717) is 25.4 Å². The Balaban J connectivity index is 1.69. The number of carbonyl (C=O) groups is 1. The number of nitrogens with one attached hydrogen (secondary N) is 1. The molecule has 2 fully saturated rings. The summed E-state index contributed by atoms with van der Waals surface area (Å²) in [6.45, 7) is 1.37. The third kappa shape index (κ3) is 3.87. The summed E-state index contributed by atoms with van der Waals surface area (Å²) in [6, 6.07) is 6.43. The highest BCUT2D eigenvalue weighted by molar-refractivity contribution is 7.89. The Morgan fingerprint density at radius 2 is 2.00 bits per heavy atom. The number of rotatable bonds is 5. The molecular weight excluding hydrogens is 336 g/mol. The van der Waals surface area contributed by atoms with Crippen LogP contribution in [0.5, 0.6) is 0 Å². The van der Waals surface area contributed by atoms with E-state index in [4.69, 9.17) is 11.6 Å². The van der Waals surface area contributed by atoms with Crippen LogP contribution in [0.2, 0.25) is 5.02 Å². The maximum atomic E-state index is 12.8. The normalized spacial score (nSPS) is 22.7. The summed E-state index contributed by atoms with van der Waals surface area (Å²) in [7, 11) is -3.66. The number of halogens is 1. The van der Waals surface area contributed by atoms with Crippen LogP contribution in [0.25, 0.3) is 0 Å². The molecule has 0 aromatic heterocycles. The Kier molecular flexibility index (Phi) is 4.94. The van der Waals surface area contributed by atoms with Gasteiger partial charge >= 0.3 is 0 Å². The van der Waals surface area contributed by atoms with Crippen molar-refractivity contribution >= 4 is 27.5 Å². The van der Waals surface area contributed by atoms with E-state index in [1.807, 2.05) is 0 Å². The second-order valence-electron chi connectivity index (χ2n) is 6.32. The van der Waals surface area contributed by atoms with E-state index < -0.39 is 10.0 Å². The van der Waals surface area contributed by atoms with Gasteiger partial charge in [-0.2, -0.15) is 4.31 Å². The summed E-state index contributed by atoms with van der Waals surface area (Å²) in [5.74, 6) is 0.307. The third-order valence-corrected chi connectivity index (χ3v) is 6.84. The van der Waals surface area contributed by atoms with E-state index in [1.54, 1.807) is 18.2 Å². The van der Waals surface area contributed by atoms with Crippen LogP contribution in [0, 0.1) is 11.8 Å². The summed E-state index contributed by atoms with van der Waals surface area (Å²) in [4.78, 5) is 12.4. The average molecular weight is 357 g/mol. The van der Waals surface area contributed by atoms with Crippen molar-refractivity contribution in [3.05, 3.63) is 29.3 Å². The monoisotopic (exact) mass is 356 g/mol. The smallest absolute Gasteiger partial charge is 0.244 e. The maximum absolute atomic E-state index is 12.8. The first-order valence-corrected chi connectivity index (χ1v) is 9.82. The summed E-state index contributed by atoms with van der Waals surface area (Å²) in [5, 5.41) is 3.17. The van der Waals surface area contributed by atoms with Crippen molar-refractivity contribution in [3.8, 4) is 0 Å². The molecule has 1 atom stereocenters. The lowest BCUT2D eigenvalue weighted by Crippen LogP contribution is -2.45. The molecule has 1 aromatic rings. The van der Waals surface area contributed by atoms with Gasteiger partial charge in [-0.3, -0.25) is 4.79 Å². The number of carbonyl (C=O) groups excluding carboxylic acids is 1. The van der Waals surface area contributed by atoms with E-state index in [0.717, 1.165) is 6.42 Å². The lowest BCUT2D eigenvalue weighted by molar-refractivity contribution is -0.126. The lowest BCUT2D eigenvalue weighted by Gasteiger charge is -2.31. The molecule has 0 spiro atoms. The van der Waals surface area contributed by atoms with Crippen molar-refractivity contribution in [2.75, 3.05) is 19.6 Å².